The fourth-order valence-corrected chi connectivity index (χ4v) is 2.33. The fourth-order valence-electron chi connectivity index (χ4n) is 2.33. The first-order valence-electron chi connectivity index (χ1n) is 6.74. The van der Waals surface area contributed by atoms with Gasteiger partial charge >= 0.3 is 0 Å². The maximum absolute atomic E-state index is 6.00. The van der Waals surface area contributed by atoms with Crippen LogP contribution in [0.1, 0.15) is 37.4 Å². The highest BCUT2D eigenvalue weighted by atomic mass is 15.1. The van der Waals surface area contributed by atoms with Crippen LogP contribution in [-0.4, -0.2) is 36.6 Å². The summed E-state index contributed by atoms with van der Waals surface area (Å²) in [5, 5.41) is 3.36. The highest BCUT2D eigenvalue weighted by molar-refractivity contribution is 5.46. The minimum absolute atomic E-state index is 0.277. The van der Waals surface area contributed by atoms with Gasteiger partial charge in [-0.15, -0.1) is 0 Å². The van der Waals surface area contributed by atoms with Crippen LogP contribution >= 0.6 is 0 Å². The van der Waals surface area contributed by atoms with Crippen molar-refractivity contribution >= 4 is 5.82 Å². The molecule has 3 N–H and O–H groups in total. The zero-order chi connectivity index (χ0) is 13.5. The highest BCUT2D eigenvalue weighted by Crippen LogP contribution is 2.24. The number of nitrogens with two attached hydrogens (primary N) is 1. The van der Waals surface area contributed by atoms with E-state index in [1.807, 2.05) is 13.1 Å². The van der Waals surface area contributed by atoms with Gasteiger partial charge in [-0.1, -0.05) is 13.8 Å². The molecule has 1 aromatic heterocycles. The lowest BCUT2D eigenvalue weighted by Crippen LogP contribution is -2.29. The maximum atomic E-state index is 6.00. The quantitative estimate of drug-likeness (QED) is 0.777. The van der Waals surface area contributed by atoms with Gasteiger partial charge in [0.05, 0.1) is 0 Å². The fraction of sp³-hybridized carbons (Fsp3) is 0.643. The zero-order valence-corrected chi connectivity index (χ0v) is 12.0. The van der Waals surface area contributed by atoms with Crippen molar-refractivity contribution in [3.8, 4) is 0 Å². The molecule has 0 fully saturated rings. The SMILES string of the molecule is CCN(CC)CCC(NC)c1c(C)ccnc1N. The van der Waals surface area contributed by atoms with Crippen molar-refractivity contribution in [2.24, 2.45) is 0 Å². The van der Waals surface area contributed by atoms with Crippen molar-refractivity contribution in [2.45, 2.75) is 33.2 Å². The van der Waals surface area contributed by atoms with Crippen molar-refractivity contribution in [2.75, 3.05) is 32.4 Å². The van der Waals surface area contributed by atoms with E-state index in [1.165, 1.54) is 5.56 Å². The molecule has 0 bridgehead atoms. The molecule has 1 atom stereocenters. The molecule has 0 radical (unpaired) electrons. The Bertz CT molecular complexity index is 341. The first-order valence-corrected chi connectivity index (χ1v) is 6.74. The summed E-state index contributed by atoms with van der Waals surface area (Å²) in [5.41, 5.74) is 8.36. The van der Waals surface area contributed by atoms with Gasteiger partial charge in [-0.05, 0) is 51.7 Å². The van der Waals surface area contributed by atoms with Gasteiger partial charge in [-0.25, -0.2) is 4.98 Å². The summed E-state index contributed by atoms with van der Waals surface area (Å²) in [4.78, 5) is 6.62. The lowest BCUT2D eigenvalue weighted by Gasteiger charge is -2.24. The van der Waals surface area contributed by atoms with Gasteiger partial charge in [0.15, 0.2) is 0 Å². The minimum atomic E-state index is 0.277. The van der Waals surface area contributed by atoms with Crippen molar-refractivity contribution in [1.29, 1.82) is 0 Å². The lowest BCUT2D eigenvalue weighted by atomic mass is 9.99. The van der Waals surface area contributed by atoms with E-state index in [2.05, 4.69) is 36.0 Å². The van der Waals surface area contributed by atoms with Crippen molar-refractivity contribution < 1.29 is 0 Å². The molecule has 18 heavy (non-hydrogen) atoms. The molecular weight excluding hydrogens is 224 g/mol. The molecule has 1 heterocycles. The Morgan fingerprint density at radius 1 is 1.39 bits per heavy atom. The molecule has 1 rings (SSSR count). The predicted molar refractivity (Wildman–Crippen MR) is 77.6 cm³/mol. The number of anilines is 1. The number of nitrogens with one attached hydrogen (secondary N) is 1. The third-order valence-electron chi connectivity index (χ3n) is 3.56. The second-order valence-corrected chi connectivity index (χ2v) is 4.58. The molecule has 0 spiro atoms. The van der Waals surface area contributed by atoms with Crippen LogP contribution in [-0.2, 0) is 0 Å². The number of nitrogens with zero attached hydrogens (tertiary/aromatic N) is 2. The predicted octanol–water partition coefficient (Wildman–Crippen LogP) is 1.96. The van der Waals surface area contributed by atoms with E-state index in [4.69, 9.17) is 5.73 Å². The van der Waals surface area contributed by atoms with Crippen LogP contribution in [0.15, 0.2) is 12.3 Å². The minimum Gasteiger partial charge on any atom is -0.383 e. The maximum Gasteiger partial charge on any atom is 0.128 e. The molecule has 1 aromatic rings. The molecule has 102 valence electrons. The third kappa shape index (κ3) is 3.68. The van der Waals surface area contributed by atoms with Crippen molar-refractivity contribution in [3.63, 3.8) is 0 Å². The summed E-state index contributed by atoms with van der Waals surface area (Å²) in [6.45, 7) is 9.74. The number of hydrogen-bond donors (Lipinski definition) is 2. The second-order valence-electron chi connectivity index (χ2n) is 4.58. The topological polar surface area (TPSA) is 54.2 Å². The van der Waals surface area contributed by atoms with Crippen LogP contribution in [0.2, 0.25) is 0 Å². The molecule has 1 unspecified atom stereocenters. The van der Waals surface area contributed by atoms with E-state index in [9.17, 15) is 0 Å². The number of aryl methyl sites for hydroxylation is 1. The van der Waals surface area contributed by atoms with Gasteiger partial charge in [-0.3, -0.25) is 0 Å². The summed E-state index contributed by atoms with van der Waals surface area (Å²) < 4.78 is 0. The molecule has 0 saturated carbocycles. The van der Waals surface area contributed by atoms with E-state index < -0.39 is 0 Å². The normalized spacial score (nSPS) is 12.9. The lowest BCUT2D eigenvalue weighted by molar-refractivity contribution is 0.284. The van der Waals surface area contributed by atoms with Crippen LogP contribution in [0, 0.1) is 6.92 Å². The monoisotopic (exact) mass is 250 g/mol. The molecule has 0 amide bonds. The smallest absolute Gasteiger partial charge is 0.128 e. The number of aromatic nitrogens is 1. The van der Waals surface area contributed by atoms with Crippen LogP contribution in [0.5, 0.6) is 0 Å². The van der Waals surface area contributed by atoms with Gasteiger partial charge in [0.1, 0.15) is 5.82 Å². The van der Waals surface area contributed by atoms with Gasteiger partial charge in [-0.2, -0.15) is 0 Å². The van der Waals surface area contributed by atoms with Crippen LogP contribution in [0.25, 0.3) is 0 Å². The van der Waals surface area contributed by atoms with E-state index in [0.717, 1.165) is 31.6 Å². The largest absolute Gasteiger partial charge is 0.383 e. The molecule has 0 aromatic carbocycles. The van der Waals surface area contributed by atoms with E-state index in [1.54, 1.807) is 6.20 Å². The van der Waals surface area contributed by atoms with Crippen LogP contribution in [0.3, 0.4) is 0 Å². The standard InChI is InChI=1S/C14H26N4/c1-5-18(6-2)10-8-12(16-4)13-11(3)7-9-17-14(13)15/h7,9,12,16H,5-6,8,10H2,1-4H3,(H2,15,17). The Hall–Kier alpha value is -1.13. The molecule has 0 aliphatic carbocycles. The first kappa shape index (κ1) is 14.9. The molecule has 4 nitrogen and oxygen atoms in total. The third-order valence-corrected chi connectivity index (χ3v) is 3.56. The van der Waals surface area contributed by atoms with Crippen molar-refractivity contribution in [1.82, 2.24) is 15.2 Å². The summed E-state index contributed by atoms with van der Waals surface area (Å²) >= 11 is 0. The molecular formula is C14H26N4. The zero-order valence-electron chi connectivity index (χ0n) is 12.0. The second kappa shape index (κ2) is 7.34. The molecule has 0 aliphatic heterocycles. The van der Waals surface area contributed by atoms with Crippen LogP contribution < -0.4 is 11.1 Å². The summed E-state index contributed by atoms with van der Waals surface area (Å²) in [6.07, 6.45) is 2.82. The van der Waals surface area contributed by atoms with Crippen molar-refractivity contribution in [3.05, 3.63) is 23.4 Å². The van der Waals surface area contributed by atoms with Gasteiger partial charge < -0.3 is 16.0 Å². The van der Waals surface area contributed by atoms with E-state index in [-0.39, 0.29) is 6.04 Å². The van der Waals surface area contributed by atoms with Crippen LogP contribution in [0.4, 0.5) is 5.82 Å². The molecule has 0 aliphatic rings. The Kier molecular flexibility index (Phi) is 6.09. The van der Waals surface area contributed by atoms with Gasteiger partial charge in [0.25, 0.3) is 0 Å². The Morgan fingerprint density at radius 2 is 2.06 bits per heavy atom. The van der Waals surface area contributed by atoms with Gasteiger partial charge in [0, 0.05) is 17.8 Å². The number of pyridine rings is 1. The summed E-state index contributed by atoms with van der Waals surface area (Å²) in [6, 6.07) is 2.30. The Labute approximate surface area is 111 Å². The highest BCUT2D eigenvalue weighted by Gasteiger charge is 2.16. The summed E-state index contributed by atoms with van der Waals surface area (Å²) in [7, 11) is 1.98. The summed E-state index contributed by atoms with van der Waals surface area (Å²) in [5.74, 6) is 0.647. The number of rotatable bonds is 7. The Balaban J connectivity index is 2.77. The van der Waals surface area contributed by atoms with Gasteiger partial charge in [0.2, 0.25) is 0 Å². The van der Waals surface area contributed by atoms with E-state index in [0.29, 0.717) is 5.82 Å². The molecule has 0 saturated heterocycles. The van der Waals surface area contributed by atoms with E-state index >= 15 is 0 Å². The first-order chi connectivity index (χ1) is 8.63. The average molecular weight is 250 g/mol. The average Bonchev–Trinajstić information content (AvgIpc) is 2.37. The molecule has 4 heteroatoms. The Morgan fingerprint density at radius 3 is 2.56 bits per heavy atom. The number of hydrogen-bond acceptors (Lipinski definition) is 4. The number of nitrogen functional groups attached to an aromatic ring is 1.